The van der Waals surface area contributed by atoms with Crippen LogP contribution in [0.2, 0.25) is 0 Å². The van der Waals surface area contributed by atoms with E-state index in [1.807, 2.05) is 0 Å². The zero-order valence-electron chi connectivity index (χ0n) is 9.58. The van der Waals surface area contributed by atoms with Crippen molar-refractivity contribution in [3.63, 3.8) is 0 Å². The maximum atomic E-state index is 6.17. The van der Waals surface area contributed by atoms with E-state index in [4.69, 9.17) is 5.73 Å². The zero-order valence-corrected chi connectivity index (χ0v) is 9.58. The van der Waals surface area contributed by atoms with E-state index >= 15 is 0 Å². The summed E-state index contributed by atoms with van der Waals surface area (Å²) in [6, 6.07) is 1.16. The third kappa shape index (κ3) is 1.96. The molecular weight excluding hydrogens is 172 g/mol. The molecule has 2 nitrogen and oxygen atoms in total. The normalized spacial score (nSPS) is 36.0. The van der Waals surface area contributed by atoms with Crippen molar-refractivity contribution < 1.29 is 0 Å². The molecular formula is C12H24N2. The topological polar surface area (TPSA) is 29.3 Å². The van der Waals surface area contributed by atoms with E-state index < -0.39 is 0 Å². The lowest BCUT2D eigenvalue weighted by Gasteiger charge is -2.49. The summed E-state index contributed by atoms with van der Waals surface area (Å²) in [4.78, 5) is 2.62. The summed E-state index contributed by atoms with van der Waals surface area (Å²) in [6.07, 6.45) is 5.32. The lowest BCUT2D eigenvalue weighted by molar-refractivity contribution is 0.00574. The quantitative estimate of drug-likeness (QED) is 0.730. The van der Waals surface area contributed by atoms with Crippen molar-refractivity contribution in [2.24, 2.45) is 17.6 Å². The number of nitrogens with zero attached hydrogens (tertiary/aromatic N) is 1. The van der Waals surface area contributed by atoms with Crippen LogP contribution >= 0.6 is 0 Å². The lowest BCUT2D eigenvalue weighted by atomic mass is 9.82. The highest BCUT2D eigenvalue weighted by Crippen LogP contribution is 2.30. The van der Waals surface area contributed by atoms with Crippen LogP contribution in [0.15, 0.2) is 0 Å². The zero-order chi connectivity index (χ0) is 10.1. The predicted molar refractivity (Wildman–Crippen MR) is 60.1 cm³/mol. The minimum absolute atomic E-state index is 0.455. The first-order valence-corrected chi connectivity index (χ1v) is 6.18. The van der Waals surface area contributed by atoms with Crippen molar-refractivity contribution in [1.29, 1.82) is 0 Å². The van der Waals surface area contributed by atoms with Crippen molar-refractivity contribution in [2.45, 2.75) is 51.6 Å². The highest BCUT2D eigenvalue weighted by molar-refractivity contribution is 4.93. The van der Waals surface area contributed by atoms with E-state index in [1.165, 1.54) is 38.8 Å². The molecule has 0 unspecified atom stereocenters. The van der Waals surface area contributed by atoms with Gasteiger partial charge < -0.3 is 5.73 Å². The highest BCUT2D eigenvalue weighted by atomic mass is 15.2. The average molecular weight is 196 g/mol. The van der Waals surface area contributed by atoms with Crippen LogP contribution in [0.4, 0.5) is 0 Å². The molecule has 2 rings (SSSR count). The predicted octanol–water partition coefficient (Wildman–Crippen LogP) is 1.84. The summed E-state index contributed by atoms with van der Waals surface area (Å²) >= 11 is 0. The molecule has 2 heteroatoms. The van der Waals surface area contributed by atoms with Gasteiger partial charge >= 0.3 is 0 Å². The second-order valence-electron chi connectivity index (χ2n) is 5.47. The van der Waals surface area contributed by atoms with Crippen LogP contribution in [0.25, 0.3) is 0 Å². The summed E-state index contributed by atoms with van der Waals surface area (Å²) < 4.78 is 0. The molecule has 2 aliphatic rings. The monoisotopic (exact) mass is 196 g/mol. The van der Waals surface area contributed by atoms with Crippen LogP contribution in [0.1, 0.15) is 39.5 Å². The first-order valence-electron chi connectivity index (χ1n) is 6.18. The molecule has 0 amide bonds. The van der Waals surface area contributed by atoms with Gasteiger partial charge in [0.05, 0.1) is 0 Å². The Kier molecular flexibility index (Phi) is 3.13. The maximum Gasteiger partial charge on any atom is 0.0247 e. The smallest absolute Gasteiger partial charge is 0.0247 e. The Morgan fingerprint density at radius 2 is 1.79 bits per heavy atom. The van der Waals surface area contributed by atoms with Crippen molar-refractivity contribution in [3.05, 3.63) is 0 Å². The van der Waals surface area contributed by atoms with E-state index in [0.717, 1.165) is 11.8 Å². The molecule has 1 aliphatic carbocycles. The summed E-state index contributed by atoms with van der Waals surface area (Å²) in [7, 11) is 0. The molecule has 0 aromatic carbocycles. The largest absolute Gasteiger partial charge is 0.326 e. The van der Waals surface area contributed by atoms with Crippen molar-refractivity contribution in [2.75, 3.05) is 13.1 Å². The first-order chi connectivity index (χ1) is 6.68. The van der Waals surface area contributed by atoms with Gasteiger partial charge in [0.2, 0.25) is 0 Å². The van der Waals surface area contributed by atoms with Gasteiger partial charge in [0.15, 0.2) is 0 Å². The third-order valence-corrected chi connectivity index (χ3v) is 4.13. The molecule has 0 aromatic heterocycles. The van der Waals surface area contributed by atoms with Crippen LogP contribution in [0.3, 0.4) is 0 Å². The van der Waals surface area contributed by atoms with Crippen LogP contribution in [0.5, 0.6) is 0 Å². The summed E-state index contributed by atoms with van der Waals surface area (Å²) in [6.45, 7) is 7.28. The Morgan fingerprint density at radius 3 is 2.36 bits per heavy atom. The average Bonchev–Trinajstić information content (AvgIpc) is 2.05. The fraction of sp³-hybridized carbons (Fsp3) is 1.00. The molecule has 2 fully saturated rings. The number of rotatable bonds is 2. The van der Waals surface area contributed by atoms with Gasteiger partial charge in [-0.2, -0.15) is 0 Å². The van der Waals surface area contributed by atoms with E-state index in [2.05, 4.69) is 18.7 Å². The van der Waals surface area contributed by atoms with Gasteiger partial charge in [-0.05, 0) is 24.7 Å². The van der Waals surface area contributed by atoms with Crippen LogP contribution < -0.4 is 5.73 Å². The van der Waals surface area contributed by atoms with Gasteiger partial charge in [-0.15, -0.1) is 0 Å². The van der Waals surface area contributed by atoms with Gasteiger partial charge in [-0.3, -0.25) is 4.90 Å². The highest BCUT2D eigenvalue weighted by Gasteiger charge is 2.36. The number of hydrogen-bond acceptors (Lipinski definition) is 2. The number of likely N-dealkylation sites (tertiary alicyclic amines) is 1. The molecule has 1 saturated heterocycles. The molecule has 14 heavy (non-hydrogen) atoms. The Balaban J connectivity index is 1.80. The van der Waals surface area contributed by atoms with Gasteiger partial charge in [0, 0.05) is 25.2 Å². The first kappa shape index (κ1) is 10.4. The molecule has 0 spiro atoms. The molecule has 2 atom stereocenters. The molecule has 0 radical (unpaired) electrons. The molecule has 82 valence electrons. The minimum Gasteiger partial charge on any atom is -0.326 e. The fourth-order valence-electron chi connectivity index (χ4n) is 2.83. The van der Waals surface area contributed by atoms with Gasteiger partial charge in [-0.25, -0.2) is 0 Å². The Bertz CT molecular complexity index is 185. The van der Waals surface area contributed by atoms with Crippen LogP contribution in [-0.2, 0) is 0 Å². The Hall–Kier alpha value is -0.0800. The Labute approximate surface area is 87.8 Å². The SMILES string of the molecule is CC(C)C1CN([C@@H]2CCCC[C@H]2N)C1. The second-order valence-corrected chi connectivity index (χ2v) is 5.47. The van der Waals surface area contributed by atoms with Crippen molar-refractivity contribution in [1.82, 2.24) is 4.90 Å². The van der Waals surface area contributed by atoms with E-state index in [1.54, 1.807) is 0 Å². The molecule has 1 saturated carbocycles. The van der Waals surface area contributed by atoms with Gasteiger partial charge in [-0.1, -0.05) is 26.7 Å². The number of nitrogens with two attached hydrogens (primary N) is 1. The maximum absolute atomic E-state index is 6.17. The van der Waals surface area contributed by atoms with Gasteiger partial charge in [0.1, 0.15) is 0 Å². The van der Waals surface area contributed by atoms with Crippen molar-refractivity contribution >= 4 is 0 Å². The molecule has 1 heterocycles. The standard InChI is InChI=1S/C12H24N2/c1-9(2)10-7-14(8-10)12-6-4-3-5-11(12)13/h9-12H,3-8,13H2,1-2H3/t11-,12-/m1/s1. The second kappa shape index (κ2) is 4.19. The van der Waals surface area contributed by atoms with Gasteiger partial charge in [0.25, 0.3) is 0 Å². The molecule has 0 aromatic rings. The number of hydrogen-bond donors (Lipinski definition) is 1. The fourth-order valence-corrected chi connectivity index (χ4v) is 2.83. The van der Waals surface area contributed by atoms with E-state index in [0.29, 0.717) is 12.1 Å². The Morgan fingerprint density at radius 1 is 1.14 bits per heavy atom. The van der Waals surface area contributed by atoms with Crippen molar-refractivity contribution in [3.8, 4) is 0 Å². The third-order valence-electron chi connectivity index (χ3n) is 4.13. The van der Waals surface area contributed by atoms with E-state index in [9.17, 15) is 0 Å². The minimum atomic E-state index is 0.455. The van der Waals surface area contributed by atoms with E-state index in [-0.39, 0.29) is 0 Å². The summed E-state index contributed by atoms with van der Waals surface area (Å²) in [5, 5.41) is 0. The van der Waals surface area contributed by atoms with Crippen LogP contribution in [-0.4, -0.2) is 30.1 Å². The molecule has 0 bridgehead atoms. The lowest BCUT2D eigenvalue weighted by Crippen LogP contribution is -2.59. The van der Waals surface area contributed by atoms with Crippen LogP contribution in [0, 0.1) is 11.8 Å². The summed E-state index contributed by atoms with van der Waals surface area (Å²) in [5.41, 5.74) is 6.17. The summed E-state index contributed by atoms with van der Waals surface area (Å²) in [5.74, 6) is 1.79. The molecule has 2 N–H and O–H groups in total. The molecule has 1 aliphatic heterocycles.